The van der Waals surface area contributed by atoms with E-state index in [1.54, 1.807) is 0 Å². The molecular weight excluding hydrogens is 226 g/mol. The van der Waals surface area contributed by atoms with Gasteiger partial charge in [0.25, 0.3) is 18.0 Å². The number of carboxylic acid groups (broad SMARTS) is 1. The van der Waals surface area contributed by atoms with E-state index >= 15 is 0 Å². The highest BCUT2D eigenvalue weighted by atomic mass is 19.3. The second-order valence-corrected chi connectivity index (χ2v) is 2.91. The lowest BCUT2D eigenvalue weighted by molar-refractivity contribution is -0.122. The van der Waals surface area contributed by atoms with Crippen molar-refractivity contribution in [3.05, 3.63) is 33.1 Å². The summed E-state index contributed by atoms with van der Waals surface area (Å²) in [5.74, 6) is -2.97. The largest absolute Gasteiger partial charge is 0.483 e. The van der Waals surface area contributed by atoms with Gasteiger partial charge in [-0.15, -0.1) is 0 Å². The van der Waals surface area contributed by atoms with Gasteiger partial charge in [0.05, 0.1) is 6.54 Å². The number of aromatic amines is 1. The van der Waals surface area contributed by atoms with Crippen LogP contribution in [0.2, 0.25) is 0 Å². The number of halogens is 2. The molecule has 0 amide bonds. The summed E-state index contributed by atoms with van der Waals surface area (Å²) in [4.78, 5) is 31.7. The molecule has 0 unspecified atom stereocenters. The Morgan fingerprint density at radius 1 is 1.56 bits per heavy atom. The summed E-state index contributed by atoms with van der Waals surface area (Å²) in [6, 6.07) is 1.02. The van der Waals surface area contributed by atoms with Crippen molar-refractivity contribution in [3.63, 3.8) is 0 Å². The monoisotopic (exact) mass is 236 g/mol. The summed E-state index contributed by atoms with van der Waals surface area (Å²) in [6.07, 6.45) is 1.04. The van der Waals surface area contributed by atoms with Gasteiger partial charge >= 0.3 is 5.69 Å². The zero-order valence-corrected chi connectivity index (χ0v) is 8.31. The Hall–Kier alpha value is -1.99. The van der Waals surface area contributed by atoms with Gasteiger partial charge in [-0.3, -0.25) is 19.1 Å². The van der Waals surface area contributed by atoms with Crippen LogP contribution in [0.5, 0.6) is 0 Å². The number of rotatable bonds is 2. The van der Waals surface area contributed by atoms with Crippen molar-refractivity contribution in [2.45, 2.75) is 19.4 Å². The van der Waals surface area contributed by atoms with Gasteiger partial charge in [-0.05, 0) is 0 Å². The topological polar surface area (TPSA) is 92.2 Å². The molecule has 0 aliphatic rings. The number of nitrogens with zero attached hydrogens (tertiary/aromatic N) is 1. The Labute approximate surface area is 88.2 Å². The van der Waals surface area contributed by atoms with Crippen molar-refractivity contribution >= 4 is 6.47 Å². The predicted octanol–water partition coefficient (Wildman–Crippen LogP) is -0.107. The van der Waals surface area contributed by atoms with Crippen molar-refractivity contribution in [2.24, 2.45) is 0 Å². The highest BCUT2D eigenvalue weighted by Crippen LogP contribution is 2.12. The normalized spacial score (nSPS) is 10.2. The Balaban J connectivity index is 0.000000673. The average molecular weight is 236 g/mol. The minimum absolute atomic E-state index is 0.250. The van der Waals surface area contributed by atoms with Crippen molar-refractivity contribution in [3.8, 4) is 0 Å². The lowest BCUT2D eigenvalue weighted by atomic mass is 10.4. The number of alkyl halides is 2. The molecule has 0 spiro atoms. The van der Waals surface area contributed by atoms with Crippen molar-refractivity contribution in [1.29, 1.82) is 0 Å². The Bertz CT molecular complexity index is 446. The minimum Gasteiger partial charge on any atom is -0.483 e. The van der Waals surface area contributed by atoms with Gasteiger partial charge in [0, 0.05) is 19.2 Å². The van der Waals surface area contributed by atoms with Gasteiger partial charge in [-0.1, -0.05) is 0 Å². The second kappa shape index (κ2) is 5.79. The molecule has 0 fully saturated rings. The fourth-order valence-corrected chi connectivity index (χ4v) is 0.868. The van der Waals surface area contributed by atoms with Gasteiger partial charge in [-0.2, -0.15) is 0 Å². The van der Waals surface area contributed by atoms with E-state index in [4.69, 9.17) is 9.90 Å². The van der Waals surface area contributed by atoms with Crippen LogP contribution in [0.1, 0.15) is 6.92 Å². The van der Waals surface area contributed by atoms with Crippen LogP contribution in [-0.4, -0.2) is 27.1 Å². The van der Waals surface area contributed by atoms with E-state index in [0.717, 1.165) is 16.8 Å². The molecule has 0 saturated carbocycles. The van der Waals surface area contributed by atoms with Crippen LogP contribution in [0, 0.1) is 0 Å². The van der Waals surface area contributed by atoms with E-state index in [0.29, 0.717) is 6.92 Å². The summed E-state index contributed by atoms with van der Waals surface area (Å²) in [6.45, 7) is -0.285. The molecule has 0 aliphatic heterocycles. The third-order valence-electron chi connectivity index (χ3n) is 1.34. The molecule has 1 heterocycles. The Morgan fingerprint density at radius 3 is 2.44 bits per heavy atom. The number of H-pyrrole nitrogens is 1. The standard InChI is InChI=1S/C7H8F2N2O2.CH2O2/c1-7(8,9)4-11-3-2-5(12)10-6(11)13;2-1-3/h2-3H,4H2,1H3,(H,10,12,13);1H,(H,2,3). The maximum atomic E-state index is 12.4. The van der Waals surface area contributed by atoms with Gasteiger partial charge in [0.1, 0.15) is 0 Å². The van der Waals surface area contributed by atoms with Crippen molar-refractivity contribution < 1.29 is 18.7 Å². The smallest absolute Gasteiger partial charge is 0.328 e. The molecule has 6 nitrogen and oxygen atoms in total. The highest BCUT2D eigenvalue weighted by molar-refractivity contribution is 5.32. The summed E-state index contributed by atoms with van der Waals surface area (Å²) in [5.41, 5.74) is -1.42. The molecule has 0 bridgehead atoms. The maximum Gasteiger partial charge on any atom is 0.328 e. The Morgan fingerprint density at radius 2 is 2.06 bits per heavy atom. The van der Waals surface area contributed by atoms with Crippen LogP contribution < -0.4 is 11.2 Å². The lowest BCUT2D eigenvalue weighted by Crippen LogP contribution is -2.33. The average Bonchev–Trinajstić information content (AvgIpc) is 2.09. The van der Waals surface area contributed by atoms with E-state index in [1.165, 1.54) is 0 Å². The first-order chi connectivity index (χ1) is 7.30. The van der Waals surface area contributed by atoms with E-state index in [-0.39, 0.29) is 6.47 Å². The molecule has 0 aliphatic carbocycles. The zero-order chi connectivity index (χ0) is 12.8. The number of hydrogen-bond acceptors (Lipinski definition) is 3. The molecule has 2 N–H and O–H groups in total. The molecule has 0 atom stereocenters. The van der Waals surface area contributed by atoms with E-state index in [1.807, 2.05) is 4.98 Å². The van der Waals surface area contributed by atoms with Gasteiger partial charge in [0.2, 0.25) is 0 Å². The molecule has 0 aromatic carbocycles. The summed E-state index contributed by atoms with van der Waals surface area (Å²) in [5, 5.41) is 6.89. The first-order valence-electron chi connectivity index (χ1n) is 4.05. The van der Waals surface area contributed by atoms with Gasteiger partial charge in [-0.25, -0.2) is 13.6 Å². The molecule has 90 valence electrons. The molecule has 1 aromatic heterocycles. The van der Waals surface area contributed by atoms with E-state index in [9.17, 15) is 18.4 Å². The molecular formula is C8H10F2N2O4. The number of nitrogens with one attached hydrogen (secondary N) is 1. The number of carbonyl (C=O) groups is 1. The molecule has 8 heteroatoms. The van der Waals surface area contributed by atoms with E-state index < -0.39 is 23.7 Å². The molecule has 1 rings (SSSR count). The molecule has 1 aromatic rings. The number of hydrogen-bond donors (Lipinski definition) is 2. The second-order valence-electron chi connectivity index (χ2n) is 2.91. The molecule has 0 saturated heterocycles. The third kappa shape index (κ3) is 5.68. The first-order valence-corrected chi connectivity index (χ1v) is 4.05. The quantitative estimate of drug-likeness (QED) is 0.701. The van der Waals surface area contributed by atoms with Crippen molar-refractivity contribution in [2.75, 3.05) is 0 Å². The summed E-state index contributed by atoms with van der Waals surface area (Å²) in [7, 11) is 0. The summed E-state index contributed by atoms with van der Waals surface area (Å²) >= 11 is 0. The van der Waals surface area contributed by atoms with Crippen LogP contribution in [0.4, 0.5) is 8.78 Å². The third-order valence-corrected chi connectivity index (χ3v) is 1.34. The Kier molecular flexibility index (Phi) is 5.07. The van der Waals surface area contributed by atoms with Crippen molar-refractivity contribution in [1.82, 2.24) is 9.55 Å². The van der Waals surface area contributed by atoms with Crippen LogP contribution in [0.3, 0.4) is 0 Å². The molecule has 0 radical (unpaired) electrons. The van der Waals surface area contributed by atoms with Gasteiger partial charge in [0.15, 0.2) is 0 Å². The predicted molar refractivity (Wildman–Crippen MR) is 50.6 cm³/mol. The van der Waals surface area contributed by atoms with Crippen LogP contribution in [0.25, 0.3) is 0 Å². The fourth-order valence-electron chi connectivity index (χ4n) is 0.868. The van der Waals surface area contributed by atoms with E-state index in [2.05, 4.69) is 0 Å². The zero-order valence-electron chi connectivity index (χ0n) is 8.31. The SMILES string of the molecule is CC(F)(F)Cn1ccc(=O)[nH]c1=O.O=CO. The van der Waals surface area contributed by atoms with Crippen LogP contribution in [-0.2, 0) is 11.3 Å². The van der Waals surface area contributed by atoms with Gasteiger partial charge < -0.3 is 5.11 Å². The van der Waals surface area contributed by atoms with Crippen LogP contribution >= 0.6 is 0 Å². The summed E-state index contributed by atoms with van der Waals surface area (Å²) < 4.78 is 25.6. The first kappa shape index (κ1) is 14.0. The maximum absolute atomic E-state index is 12.4. The molecule has 16 heavy (non-hydrogen) atoms. The highest BCUT2D eigenvalue weighted by Gasteiger charge is 2.22. The fraction of sp³-hybridized carbons (Fsp3) is 0.375. The lowest BCUT2D eigenvalue weighted by Gasteiger charge is -2.10. The minimum atomic E-state index is -2.97. The number of aromatic nitrogens is 2. The van der Waals surface area contributed by atoms with Crippen LogP contribution in [0.15, 0.2) is 21.9 Å².